The van der Waals surface area contributed by atoms with Crippen molar-refractivity contribution in [2.75, 3.05) is 6.61 Å². The molecule has 0 fully saturated rings. The SMILES string of the molecule is N#CC(N)COP(=O)(O)O. The molecule has 0 rings (SSSR count). The fourth-order valence-corrected chi connectivity index (χ4v) is 0.569. The number of phosphoric ester groups is 1. The van der Waals surface area contributed by atoms with Crippen LogP contribution in [0.25, 0.3) is 0 Å². The molecule has 0 aromatic heterocycles. The summed E-state index contributed by atoms with van der Waals surface area (Å²) < 4.78 is 13.9. The van der Waals surface area contributed by atoms with Crippen LogP contribution in [0.2, 0.25) is 0 Å². The average Bonchev–Trinajstić information content (AvgIpc) is 1.81. The average molecular weight is 166 g/mol. The van der Waals surface area contributed by atoms with Gasteiger partial charge in [-0.3, -0.25) is 4.52 Å². The molecule has 0 amide bonds. The minimum atomic E-state index is -4.46. The first-order valence-electron chi connectivity index (χ1n) is 2.31. The number of nitriles is 1. The van der Waals surface area contributed by atoms with Gasteiger partial charge in [-0.15, -0.1) is 0 Å². The number of phosphoric acid groups is 1. The van der Waals surface area contributed by atoms with Crippen LogP contribution in [0.15, 0.2) is 0 Å². The predicted molar refractivity (Wildman–Crippen MR) is 31.6 cm³/mol. The minimum Gasteiger partial charge on any atom is -0.314 e. The highest BCUT2D eigenvalue weighted by Gasteiger charge is 2.15. The summed E-state index contributed by atoms with van der Waals surface area (Å²) in [4.78, 5) is 16.2. The topological polar surface area (TPSA) is 117 Å². The summed E-state index contributed by atoms with van der Waals surface area (Å²) in [6.45, 7) is -0.458. The second kappa shape index (κ2) is 3.66. The summed E-state index contributed by atoms with van der Waals surface area (Å²) >= 11 is 0. The molecule has 58 valence electrons. The van der Waals surface area contributed by atoms with Crippen LogP contribution in [0.4, 0.5) is 0 Å². The number of rotatable bonds is 3. The summed E-state index contributed by atoms with van der Waals surface area (Å²) in [6, 6.07) is 0.554. The third-order valence-corrected chi connectivity index (χ3v) is 1.07. The molecule has 0 aliphatic carbocycles. The Morgan fingerprint density at radius 3 is 2.60 bits per heavy atom. The van der Waals surface area contributed by atoms with Crippen LogP contribution in [-0.2, 0) is 9.09 Å². The third-order valence-electron chi connectivity index (χ3n) is 0.588. The minimum absolute atomic E-state index is 0.458. The predicted octanol–water partition coefficient (Wildman–Crippen LogP) is -1.05. The molecule has 7 heteroatoms. The van der Waals surface area contributed by atoms with E-state index in [-0.39, 0.29) is 0 Å². The quantitative estimate of drug-likeness (QED) is 0.460. The van der Waals surface area contributed by atoms with E-state index < -0.39 is 20.5 Å². The van der Waals surface area contributed by atoms with E-state index in [1.165, 1.54) is 0 Å². The third kappa shape index (κ3) is 5.69. The molecule has 10 heavy (non-hydrogen) atoms. The van der Waals surface area contributed by atoms with Crippen molar-refractivity contribution >= 4 is 7.82 Å². The smallest absolute Gasteiger partial charge is 0.314 e. The van der Waals surface area contributed by atoms with Crippen molar-refractivity contribution in [2.45, 2.75) is 6.04 Å². The van der Waals surface area contributed by atoms with Gasteiger partial charge in [0.15, 0.2) is 0 Å². The highest BCUT2D eigenvalue weighted by atomic mass is 31.2. The van der Waals surface area contributed by atoms with Gasteiger partial charge in [0.25, 0.3) is 0 Å². The standard InChI is InChI=1S/C3H7N2O4P/c4-1-3(5)2-9-10(6,7)8/h3H,2,5H2,(H2,6,7,8). The number of hydrogen-bond acceptors (Lipinski definition) is 4. The largest absolute Gasteiger partial charge is 0.469 e. The molecule has 0 spiro atoms. The number of nitrogens with two attached hydrogens (primary N) is 1. The molecule has 0 saturated carbocycles. The summed E-state index contributed by atoms with van der Waals surface area (Å²) in [5.74, 6) is 0. The van der Waals surface area contributed by atoms with Crippen molar-refractivity contribution in [1.82, 2.24) is 0 Å². The van der Waals surface area contributed by atoms with Gasteiger partial charge >= 0.3 is 7.82 Å². The van der Waals surface area contributed by atoms with Crippen LogP contribution in [0.5, 0.6) is 0 Å². The number of nitrogens with zero attached hydrogens (tertiary/aromatic N) is 1. The molecule has 0 radical (unpaired) electrons. The van der Waals surface area contributed by atoms with E-state index >= 15 is 0 Å². The Hall–Kier alpha value is -0.440. The van der Waals surface area contributed by atoms with Crippen molar-refractivity contribution in [2.24, 2.45) is 5.73 Å². The van der Waals surface area contributed by atoms with Crippen molar-refractivity contribution in [3.63, 3.8) is 0 Å². The van der Waals surface area contributed by atoms with E-state index in [9.17, 15) is 4.57 Å². The van der Waals surface area contributed by atoms with Gasteiger partial charge in [0.05, 0.1) is 12.7 Å². The van der Waals surface area contributed by atoms with Gasteiger partial charge in [-0.1, -0.05) is 0 Å². The molecule has 0 aliphatic heterocycles. The lowest BCUT2D eigenvalue weighted by Gasteiger charge is -2.04. The van der Waals surface area contributed by atoms with Crippen molar-refractivity contribution in [3.05, 3.63) is 0 Å². The normalized spacial score (nSPS) is 14.2. The van der Waals surface area contributed by atoms with Crippen molar-refractivity contribution < 1.29 is 18.9 Å². The van der Waals surface area contributed by atoms with Gasteiger partial charge < -0.3 is 15.5 Å². The Bertz CT molecular complexity index is 181. The van der Waals surface area contributed by atoms with Gasteiger partial charge in [-0.05, 0) is 0 Å². The lowest BCUT2D eigenvalue weighted by Crippen LogP contribution is -2.23. The van der Waals surface area contributed by atoms with Crippen LogP contribution < -0.4 is 5.73 Å². The molecule has 6 nitrogen and oxygen atoms in total. The van der Waals surface area contributed by atoms with E-state index in [1.54, 1.807) is 6.07 Å². The first-order valence-corrected chi connectivity index (χ1v) is 3.84. The van der Waals surface area contributed by atoms with E-state index in [4.69, 9.17) is 20.8 Å². The monoisotopic (exact) mass is 166 g/mol. The van der Waals surface area contributed by atoms with Crippen molar-refractivity contribution in [1.29, 1.82) is 5.26 Å². The van der Waals surface area contributed by atoms with Gasteiger partial charge in [0.1, 0.15) is 6.04 Å². The Labute approximate surface area is 57.5 Å². The van der Waals surface area contributed by atoms with E-state index in [1.807, 2.05) is 0 Å². The van der Waals surface area contributed by atoms with Crippen LogP contribution in [0.1, 0.15) is 0 Å². The Morgan fingerprint density at radius 1 is 1.80 bits per heavy atom. The summed E-state index contributed by atoms with van der Waals surface area (Å²) in [6.07, 6.45) is 0. The van der Waals surface area contributed by atoms with E-state index in [0.29, 0.717) is 0 Å². The molecule has 1 atom stereocenters. The fraction of sp³-hybridized carbons (Fsp3) is 0.667. The maximum atomic E-state index is 9.96. The van der Waals surface area contributed by atoms with E-state index in [0.717, 1.165) is 0 Å². The number of hydrogen-bond donors (Lipinski definition) is 3. The summed E-state index contributed by atoms with van der Waals surface area (Å²) in [5, 5.41) is 8.02. The summed E-state index contributed by atoms with van der Waals surface area (Å²) in [7, 11) is -4.46. The zero-order valence-corrected chi connectivity index (χ0v) is 5.86. The molecule has 0 aromatic rings. The Balaban J connectivity index is 3.58. The lowest BCUT2D eigenvalue weighted by molar-refractivity contribution is 0.194. The molecule has 0 aliphatic rings. The van der Waals surface area contributed by atoms with E-state index in [2.05, 4.69) is 4.52 Å². The van der Waals surface area contributed by atoms with Gasteiger partial charge in [-0.25, -0.2) is 4.57 Å². The highest BCUT2D eigenvalue weighted by molar-refractivity contribution is 7.46. The molecule has 1 unspecified atom stereocenters. The maximum Gasteiger partial charge on any atom is 0.469 e. The zero-order chi connectivity index (χ0) is 8.20. The first kappa shape index (κ1) is 9.56. The van der Waals surface area contributed by atoms with Gasteiger partial charge in [0.2, 0.25) is 0 Å². The first-order chi connectivity index (χ1) is 4.45. The molecule has 0 aromatic carbocycles. The molecule has 0 saturated heterocycles. The van der Waals surface area contributed by atoms with Crippen LogP contribution >= 0.6 is 7.82 Å². The maximum absolute atomic E-state index is 9.96. The summed E-state index contributed by atoms with van der Waals surface area (Å²) in [5.41, 5.74) is 4.95. The van der Waals surface area contributed by atoms with Gasteiger partial charge in [0, 0.05) is 0 Å². The molecule has 0 bridgehead atoms. The molecular formula is C3H7N2O4P. The second-order valence-corrected chi connectivity index (χ2v) is 2.76. The Morgan fingerprint density at radius 2 is 2.30 bits per heavy atom. The molecular weight excluding hydrogens is 159 g/mol. The van der Waals surface area contributed by atoms with Crippen LogP contribution in [0.3, 0.4) is 0 Å². The second-order valence-electron chi connectivity index (χ2n) is 1.52. The Kier molecular flexibility index (Phi) is 3.50. The highest BCUT2D eigenvalue weighted by Crippen LogP contribution is 2.35. The van der Waals surface area contributed by atoms with Crippen molar-refractivity contribution in [3.8, 4) is 6.07 Å². The molecule has 4 N–H and O–H groups in total. The fourth-order valence-electron chi connectivity index (χ4n) is 0.215. The zero-order valence-electron chi connectivity index (χ0n) is 4.97. The van der Waals surface area contributed by atoms with Gasteiger partial charge in [-0.2, -0.15) is 5.26 Å². The molecule has 0 heterocycles. The van der Waals surface area contributed by atoms with Crippen LogP contribution in [-0.4, -0.2) is 22.4 Å². The lowest BCUT2D eigenvalue weighted by atomic mass is 10.4. The van der Waals surface area contributed by atoms with Crippen LogP contribution in [0, 0.1) is 11.3 Å².